The number of nitrogens with one attached hydrogen (secondary N) is 1. The van der Waals surface area contributed by atoms with Gasteiger partial charge in [-0.25, -0.2) is 0 Å². The zero-order valence-electron chi connectivity index (χ0n) is 8.62. The molecule has 0 radical (unpaired) electrons. The smallest absolute Gasteiger partial charge is 0.118 e. The number of nitrogens with zero attached hydrogens (tertiary/aromatic N) is 1. The molecule has 4 heteroatoms. The van der Waals surface area contributed by atoms with Gasteiger partial charge in [-0.15, -0.1) is 0 Å². The Morgan fingerprint density at radius 2 is 2.50 bits per heavy atom. The maximum atomic E-state index is 9.22. The van der Waals surface area contributed by atoms with Gasteiger partial charge in [0.15, 0.2) is 0 Å². The normalized spacial score (nSPS) is 32.5. The van der Waals surface area contributed by atoms with Crippen molar-refractivity contribution in [2.24, 2.45) is 0 Å². The lowest BCUT2D eigenvalue weighted by molar-refractivity contribution is 0.274. The van der Waals surface area contributed by atoms with Gasteiger partial charge in [0.1, 0.15) is 5.54 Å². The molecular weight excluding hydrogens is 196 g/mol. The fourth-order valence-corrected chi connectivity index (χ4v) is 2.97. The first-order chi connectivity index (χ1) is 6.75. The van der Waals surface area contributed by atoms with Gasteiger partial charge in [0.2, 0.25) is 0 Å². The first-order valence-corrected chi connectivity index (χ1v) is 6.19. The van der Waals surface area contributed by atoms with Gasteiger partial charge in [0, 0.05) is 11.9 Å². The minimum Gasteiger partial charge on any atom is -0.396 e. The van der Waals surface area contributed by atoms with Gasteiger partial charge in [0.05, 0.1) is 6.07 Å². The molecule has 2 atom stereocenters. The quantitative estimate of drug-likeness (QED) is 0.689. The summed E-state index contributed by atoms with van der Waals surface area (Å²) in [5.74, 6) is 1.16. The van der Waals surface area contributed by atoms with Crippen LogP contribution in [-0.2, 0) is 0 Å². The molecule has 0 aromatic carbocycles. The lowest BCUT2D eigenvalue weighted by Gasteiger charge is -2.37. The number of rotatable bonds is 4. The lowest BCUT2D eigenvalue weighted by atomic mass is 9.91. The van der Waals surface area contributed by atoms with Crippen LogP contribution in [0.1, 0.15) is 26.2 Å². The third-order valence-electron chi connectivity index (χ3n) is 2.75. The van der Waals surface area contributed by atoms with E-state index in [4.69, 9.17) is 5.11 Å². The molecule has 2 N–H and O–H groups in total. The number of hydrogen-bond donors (Lipinski definition) is 2. The third kappa shape index (κ3) is 2.63. The molecule has 0 aromatic rings. The second kappa shape index (κ2) is 5.59. The molecule has 0 aromatic heterocycles. The minimum atomic E-state index is -0.363. The summed E-state index contributed by atoms with van der Waals surface area (Å²) in [6, 6.07) is 2.41. The van der Waals surface area contributed by atoms with Crippen LogP contribution in [-0.4, -0.2) is 34.8 Å². The molecule has 1 saturated heterocycles. The lowest BCUT2D eigenvalue weighted by Crippen LogP contribution is -2.53. The SMILES string of the molecule is CC1SCCCC1(C#N)NCCCO. The zero-order chi connectivity index (χ0) is 10.4. The average Bonchev–Trinajstić information content (AvgIpc) is 2.21. The predicted octanol–water partition coefficient (Wildman–Crippen LogP) is 1.14. The fraction of sp³-hybridized carbons (Fsp3) is 0.900. The van der Waals surface area contributed by atoms with Crippen molar-refractivity contribution >= 4 is 11.8 Å². The highest BCUT2D eigenvalue weighted by Gasteiger charge is 2.38. The van der Waals surface area contributed by atoms with E-state index >= 15 is 0 Å². The number of aliphatic hydroxyl groups is 1. The summed E-state index contributed by atoms with van der Waals surface area (Å²) in [7, 11) is 0. The van der Waals surface area contributed by atoms with E-state index in [1.807, 2.05) is 11.8 Å². The Morgan fingerprint density at radius 1 is 1.71 bits per heavy atom. The first-order valence-electron chi connectivity index (χ1n) is 5.14. The average molecular weight is 214 g/mol. The Labute approximate surface area is 89.9 Å². The minimum absolute atomic E-state index is 0.191. The third-order valence-corrected chi connectivity index (χ3v) is 4.18. The van der Waals surface area contributed by atoms with Crippen molar-refractivity contribution in [1.82, 2.24) is 5.32 Å². The van der Waals surface area contributed by atoms with Crippen LogP contribution in [0.2, 0.25) is 0 Å². The molecule has 0 bridgehead atoms. The van der Waals surface area contributed by atoms with E-state index in [1.54, 1.807) is 0 Å². The summed E-state index contributed by atoms with van der Waals surface area (Å²) in [5, 5.41) is 21.6. The molecule has 0 aliphatic carbocycles. The predicted molar refractivity (Wildman–Crippen MR) is 59.2 cm³/mol. The van der Waals surface area contributed by atoms with Crippen LogP contribution in [0.15, 0.2) is 0 Å². The van der Waals surface area contributed by atoms with Gasteiger partial charge in [-0.2, -0.15) is 17.0 Å². The topological polar surface area (TPSA) is 56.0 Å². The maximum Gasteiger partial charge on any atom is 0.118 e. The molecule has 0 amide bonds. The number of nitriles is 1. The van der Waals surface area contributed by atoms with Gasteiger partial charge in [-0.1, -0.05) is 6.92 Å². The van der Waals surface area contributed by atoms with Crippen LogP contribution in [0.25, 0.3) is 0 Å². The van der Waals surface area contributed by atoms with E-state index in [0.717, 1.165) is 31.6 Å². The Balaban J connectivity index is 2.51. The summed E-state index contributed by atoms with van der Waals surface area (Å²) in [5.41, 5.74) is -0.363. The summed E-state index contributed by atoms with van der Waals surface area (Å²) >= 11 is 1.86. The molecule has 1 rings (SSSR count). The van der Waals surface area contributed by atoms with Gasteiger partial charge in [-0.05, 0) is 31.6 Å². The van der Waals surface area contributed by atoms with E-state index in [0.29, 0.717) is 5.25 Å². The number of hydrogen-bond acceptors (Lipinski definition) is 4. The fourth-order valence-electron chi connectivity index (χ4n) is 1.77. The second-order valence-electron chi connectivity index (χ2n) is 3.70. The van der Waals surface area contributed by atoms with Gasteiger partial charge in [-0.3, -0.25) is 5.32 Å². The van der Waals surface area contributed by atoms with Crippen LogP contribution in [0.5, 0.6) is 0 Å². The van der Waals surface area contributed by atoms with Crippen molar-refractivity contribution in [1.29, 1.82) is 5.26 Å². The van der Waals surface area contributed by atoms with Crippen molar-refractivity contribution in [2.75, 3.05) is 18.9 Å². The molecule has 80 valence electrons. The monoisotopic (exact) mass is 214 g/mol. The maximum absolute atomic E-state index is 9.22. The molecule has 0 spiro atoms. The second-order valence-corrected chi connectivity index (χ2v) is 5.15. The van der Waals surface area contributed by atoms with Gasteiger partial charge >= 0.3 is 0 Å². The number of thioether (sulfide) groups is 1. The van der Waals surface area contributed by atoms with Crippen LogP contribution in [0.4, 0.5) is 0 Å². The van der Waals surface area contributed by atoms with Gasteiger partial charge < -0.3 is 5.11 Å². The van der Waals surface area contributed by atoms with Crippen molar-refractivity contribution < 1.29 is 5.11 Å². The highest BCUT2D eigenvalue weighted by atomic mass is 32.2. The van der Waals surface area contributed by atoms with E-state index < -0.39 is 0 Å². The largest absolute Gasteiger partial charge is 0.396 e. The van der Waals surface area contributed by atoms with E-state index in [1.165, 1.54) is 0 Å². The molecule has 0 saturated carbocycles. The highest BCUT2D eigenvalue weighted by Crippen LogP contribution is 2.33. The molecule has 1 heterocycles. The standard InChI is InChI=1S/C10H18N2OS/c1-9-10(8-11,4-2-7-14-9)12-5-3-6-13/h9,12-13H,2-7H2,1H3. The molecule has 1 fully saturated rings. The summed E-state index contributed by atoms with van der Waals surface area (Å²) in [6.07, 6.45) is 2.76. The highest BCUT2D eigenvalue weighted by molar-refractivity contribution is 8.00. The van der Waals surface area contributed by atoms with Crippen molar-refractivity contribution in [3.63, 3.8) is 0 Å². The Morgan fingerprint density at radius 3 is 3.07 bits per heavy atom. The Hall–Kier alpha value is -0.240. The van der Waals surface area contributed by atoms with Crippen molar-refractivity contribution in [3.8, 4) is 6.07 Å². The van der Waals surface area contributed by atoms with Gasteiger partial charge in [0.25, 0.3) is 0 Å². The van der Waals surface area contributed by atoms with Crippen molar-refractivity contribution in [2.45, 2.75) is 37.0 Å². The van der Waals surface area contributed by atoms with Crippen LogP contribution in [0.3, 0.4) is 0 Å². The van der Waals surface area contributed by atoms with E-state index in [-0.39, 0.29) is 12.1 Å². The number of aliphatic hydroxyl groups excluding tert-OH is 1. The van der Waals surface area contributed by atoms with Crippen LogP contribution < -0.4 is 5.32 Å². The first kappa shape index (κ1) is 11.8. The Bertz CT molecular complexity index is 217. The van der Waals surface area contributed by atoms with E-state index in [2.05, 4.69) is 18.3 Å². The van der Waals surface area contributed by atoms with Crippen molar-refractivity contribution in [3.05, 3.63) is 0 Å². The molecule has 14 heavy (non-hydrogen) atoms. The van der Waals surface area contributed by atoms with Crippen LogP contribution >= 0.6 is 11.8 Å². The summed E-state index contributed by atoms with van der Waals surface area (Å²) in [4.78, 5) is 0. The Kier molecular flexibility index (Phi) is 4.73. The molecule has 1 aliphatic rings. The molecule has 3 nitrogen and oxygen atoms in total. The molecule has 1 aliphatic heterocycles. The summed E-state index contributed by atoms with van der Waals surface area (Å²) < 4.78 is 0. The summed E-state index contributed by atoms with van der Waals surface area (Å²) in [6.45, 7) is 3.03. The molecular formula is C10H18N2OS. The van der Waals surface area contributed by atoms with E-state index in [9.17, 15) is 5.26 Å². The zero-order valence-corrected chi connectivity index (χ0v) is 9.44. The van der Waals surface area contributed by atoms with Crippen LogP contribution in [0, 0.1) is 11.3 Å². The molecule has 2 unspecified atom stereocenters.